The molecule has 25 heavy (non-hydrogen) atoms. The molecule has 1 aromatic heterocycles. The van der Waals surface area contributed by atoms with Crippen molar-refractivity contribution in [3.05, 3.63) is 37.7 Å². The van der Waals surface area contributed by atoms with Crippen LogP contribution < -0.4 is 9.84 Å². The average molecular weight is 508 g/mol. The van der Waals surface area contributed by atoms with Crippen LogP contribution >= 0.6 is 43.5 Å². The molecular weight excluding hydrogens is 501 g/mol. The van der Waals surface area contributed by atoms with Gasteiger partial charge < -0.3 is 19.2 Å². The number of aromatic nitrogens is 1. The Hall–Kier alpha value is -1.26. The largest absolute Gasteiger partial charge is 0.546 e. The molecule has 0 atom stereocenters. The maximum Gasteiger partial charge on any atom is 0.432 e. The highest BCUT2D eigenvalue weighted by atomic mass is 79.9. The minimum atomic E-state index is -4.69. The number of nitrogens with zero attached hydrogens (tertiary/aromatic N) is 1. The first-order valence-electron chi connectivity index (χ1n) is 6.38. The predicted octanol–water partition coefficient (Wildman–Crippen LogP) is 4.16. The summed E-state index contributed by atoms with van der Waals surface area (Å²) in [6.45, 7) is -0.851. The van der Waals surface area contributed by atoms with Gasteiger partial charge in [0.05, 0.1) is 20.1 Å². The van der Waals surface area contributed by atoms with E-state index in [9.17, 15) is 27.5 Å². The number of carbonyl (C=O) groups is 1. The van der Waals surface area contributed by atoms with Gasteiger partial charge in [-0.3, -0.25) is 0 Å². The number of alkyl halides is 3. The standard InChI is InChI=1S/C14H8Br2ClF4NO3/c1-22-12(14(19,20)21)11(15)10(13(22)16)5-2-8(25-4-9(23)24)6(17)3-7(5)18/h2-3H,4H2,1H3,(H,23,24)/p-1. The van der Waals surface area contributed by atoms with Gasteiger partial charge in [0.1, 0.15) is 23.9 Å². The number of carbonyl (C=O) groups excluding carboxylic acids is 1. The van der Waals surface area contributed by atoms with Crippen molar-refractivity contribution >= 4 is 49.4 Å². The van der Waals surface area contributed by atoms with E-state index >= 15 is 0 Å². The van der Waals surface area contributed by atoms with E-state index in [4.69, 9.17) is 16.3 Å². The van der Waals surface area contributed by atoms with Gasteiger partial charge >= 0.3 is 6.18 Å². The van der Waals surface area contributed by atoms with Gasteiger partial charge in [0.25, 0.3) is 0 Å². The fourth-order valence-electron chi connectivity index (χ4n) is 2.13. The molecule has 0 bridgehead atoms. The van der Waals surface area contributed by atoms with Crippen molar-refractivity contribution in [2.24, 2.45) is 7.05 Å². The van der Waals surface area contributed by atoms with Crippen molar-refractivity contribution in [3.8, 4) is 16.9 Å². The maximum atomic E-state index is 14.3. The average Bonchev–Trinajstić information content (AvgIpc) is 2.68. The summed E-state index contributed by atoms with van der Waals surface area (Å²) in [5.74, 6) is -2.66. The van der Waals surface area contributed by atoms with Crippen LogP contribution in [0.5, 0.6) is 5.75 Å². The van der Waals surface area contributed by atoms with Crippen LogP contribution in [-0.4, -0.2) is 17.1 Å². The molecule has 0 aliphatic heterocycles. The molecule has 1 heterocycles. The Morgan fingerprint density at radius 1 is 1.36 bits per heavy atom. The minimum absolute atomic E-state index is 0.0428. The predicted molar refractivity (Wildman–Crippen MR) is 86.7 cm³/mol. The number of hydrogen-bond donors (Lipinski definition) is 0. The number of rotatable bonds is 4. The van der Waals surface area contributed by atoms with Crippen molar-refractivity contribution in [2.45, 2.75) is 6.18 Å². The first kappa shape index (κ1) is 20.1. The SMILES string of the molecule is Cn1c(Br)c(-c2cc(OCC(=O)[O-])c(Cl)cc2F)c(Br)c1C(F)(F)F. The van der Waals surface area contributed by atoms with Gasteiger partial charge in [-0.1, -0.05) is 11.6 Å². The zero-order chi connectivity index (χ0) is 19.1. The highest BCUT2D eigenvalue weighted by Gasteiger charge is 2.39. The third kappa shape index (κ3) is 3.95. The summed E-state index contributed by atoms with van der Waals surface area (Å²) in [4.78, 5) is 10.5. The molecule has 0 aliphatic carbocycles. The summed E-state index contributed by atoms with van der Waals surface area (Å²) < 4.78 is 59.1. The Morgan fingerprint density at radius 2 is 1.96 bits per heavy atom. The lowest BCUT2D eigenvalue weighted by molar-refractivity contribution is -0.307. The summed E-state index contributed by atoms with van der Waals surface area (Å²) in [6, 6.07) is 1.84. The van der Waals surface area contributed by atoms with E-state index in [0.717, 1.165) is 23.7 Å². The molecule has 1 aromatic carbocycles. The van der Waals surface area contributed by atoms with Crippen molar-refractivity contribution in [3.63, 3.8) is 0 Å². The molecular formula is C14H7Br2ClF4NO3-. The van der Waals surface area contributed by atoms with E-state index in [-0.39, 0.29) is 31.0 Å². The molecule has 11 heteroatoms. The van der Waals surface area contributed by atoms with Gasteiger partial charge in [0.15, 0.2) is 0 Å². The summed E-state index contributed by atoms with van der Waals surface area (Å²) >= 11 is 11.6. The second-order valence-electron chi connectivity index (χ2n) is 4.81. The molecule has 0 amide bonds. The van der Waals surface area contributed by atoms with Gasteiger partial charge in [-0.25, -0.2) is 4.39 Å². The molecule has 0 aliphatic rings. The highest BCUT2D eigenvalue weighted by Crippen LogP contribution is 2.47. The molecule has 0 saturated heterocycles. The van der Waals surface area contributed by atoms with Crippen LogP contribution in [0.3, 0.4) is 0 Å². The van der Waals surface area contributed by atoms with Gasteiger partial charge in [0.2, 0.25) is 0 Å². The molecule has 0 saturated carbocycles. The van der Waals surface area contributed by atoms with E-state index in [1.54, 1.807) is 0 Å². The lowest BCUT2D eigenvalue weighted by atomic mass is 10.1. The first-order valence-corrected chi connectivity index (χ1v) is 8.34. The quantitative estimate of drug-likeness (QED) is 0.583. The molecule has 0 fully saturated rings. The highest BCUT2D eigenvalue weighted by molar-refractivity contribution is 9.11. The molecule has 2 rings (SSSR count). The third-order valence-corrected chi connectivity index (χ3v) is 5.16. The fraction of sp³-hybridized carbons (Fsp3) is 0.214. The molecule has 136 valence electrons. The fourth-order valence-corrected chi connectivity index (χ4v) is 4.09. The molecule has 0 N–H and O–H groups in total. The van der Waals surface area contributed by atoms with Gasteiger partial charge in [0, 0.05) is 18.2 Å². The molecule has 4 nitrogen and oxygen atoms in total. The number of hydrogen-bond acceptors (Lipinski definition) is 3. The van der Waals surface area contributed by atoms with Crippen molar-refractivity contribution in [2.75, 3.05) is 6.61 Å². The molecule has 0 unspecified atom stereocenters. The minimum Gasteiger partial charge on any atom is -0.546 e. The molecule has 2 aromatic rings. The van der Waals surface area contributed by atoms with Crippen LogP contribution in [0.15, 0.2) is 21.2 Å². The zero-order valence-electron chi connectivity index (χ0n) is 12.2. The Morgan fingerprint density at radius 3 is 2.44 bits per heavy atom. The van der Waals surface area contributed by atoms with Crippen LogP contribution in [0.2, 0.25) is 5.02 Å². The van der Waals surface area contributed by atoms with Gasteiger partial charge in [-0.15, -0.1) is 0 Å². The van der Waals surface area contributed by atoms with E-state index < -0.39 is 30.3 Å². The monoisotopic (exact) mass is 506 g/mol. The Kier molecular flexibility index (Phi) is 5.75. The number of carboxylic acid groups (broad SMARTS) is 1. The van der Waals surface area contributed by atoms with Crippen LogP contribution in [0.1, 0.15) is 5.69 Å². The number of benzene rings is 1. The van der Waals surface area contributed by atoms with Gasteiger partial charge in [-0.05, 0) is 44.0 Å². The smallest absolute Gasteiger partial charge is 0.432 e. The summed E-state index contributed by atoms with van der Waals surface area (Å²) in [5, 5.41) is 10.2. The topological polar surface area (TPSA) is 54.3 Å². The summed E-state index contributed by atoms with van der Waals surface area (Å²) in [5.41, 5.74) is -1.41. The van der Waals surface area contributed by atoms with E-state index in [1.807, 2.05) is 0 Å². The Balaban J connectivity index is 2.67. The number of aliphatic carboxylic acids is 1. The Bertz CT molecular complexity index is 852. The number of halogens is 7. The number of ether oxygens (including phenoxy) is 1. The van der Waals surface area contributed by atoms with Crippen LogP contribution in [0.25, 0.3) is 11.1 Å². The maximum absolute atomic E-state index is 14.3. The van der Waals surface area contributed by atoms with E-state index in [1.165, 1.54) is 0 Å². The second kappa shape index (κ2) is 7.16. The van der Waals surface area contributed by atoms with Crippen molar-refractivity contribution in [1.29, 1.82) is 0 Å². The zero-order valence-corrected chi connectivity index (χ0v) is 16.1. The van der Waals surface area contributed by atoms with Crippen LogP contribution in [-0.2, 0) is 18.0 Å². The lowest BCUT2D eigenvalue weighted by Gasteiger charge is -2.12. The summed E-state index contributed by atoms with van der Waals surface area (Å²) in [6.07, 6.45) is -4.69. The van der Waals surface area contributed by atoms with E-state index in [0.29, 0.717) is 0 Å². The van der Waals surface area contributed by atoms with Crippen molar-refractivity contribution in [1.82, 2.24) is 4.57 Å². The molecule has 0 radical (unpaired) electrons. The van der Waals surface area contributed by atoms with Crippen LogP contribution in [0.4, 0.5) is 17.6 Å². The first-order chi connectivity index (χ1) is 11.4. The van der Waals surface area contributed by atoms with Gasteiger partial charge in [-0.2, -0.15) is 13.2 Å². The third-order valence-electron chi connectivity index (χ3n) is 3.17. The Labute approximate surface area is 160 Å². The lowest BCUT2D eigenvalue weighted by Crippen LogP contribution is -2.29. The van der Waals surface area contributed by atoms with Crippen LogP contribution in [0, 0.1) is 5.82 Å². The number of carboxylic acids is 1. The summed E-state index contributed by atoms with van der Waals surface area (Å²) in [7, 11) is 1.16. The van der Waals surface area contributed by atoms with E-state index in [2.05, 4.69) is 31.9 Å². The molecule has 0 spiro atoms. The second-order valence-corrected chi connectivity index (χ2v) is 6.76. The normalized spacial score (nSPS) is 11.7. The van der Waals surface area contributed by atoms with Crippen molar-refractivity contribution < 1.29 is 32.2 Å².